The van der Waals surface area contributed by atoms with Crippen LogP contribution < -0.4 is 10.6 Å². The summed E-state index contributed by atoms with van der Waals surface area (Å²) in [4.78, 5) is 24.8. The van der Waals surface area contributed by atoms with E-state index in [1.165, 1.54) is 6.92 Å². The summed E-state index contributed by atoms with van der Waals surface area (Å²) in [5, 5.41) is 5.48. The van der Waals surface area contributed by atoms with Crippen LogP contribution in [0.15, 0.2) is 47.1 Å². The fourth-order valence-electron chi connectivity index (χ4n) is 2.01. The summed E-state index contributed by atoms with van der Waals surface area (Å²) >= 11 is 0. The lowest BCUT2D eigenvalue weighted by Gasteiger charge is -2.15. The van der Waals surface area contributed by atoms with Gasteiger partial charge in [-0.3, -0.25) is 14.5 Å². The van der Waals surface area contributed by atoms with E-state index in [0.717, 1.165) is 5.76 Å². The molecule has 0 atom stereocenters. The monoisotopic (exact) mass is 301 g/mol. The zero-order chi connectivity index (χ0) is 15.9. The maximum atomic E-state index is 12.0. The Morgan fingerprint density at radius 1 is 1.09 bits per heavy atom. The molecule has 6 heteroatoms. The lowest BCUT2D eigenvalue weighted by Crippen LogP contribution is -2.29. The highest BCUT2D eigenvalue weighted by Gasteiger charge is 2.09. The van der Waals surface area contributed by atoms with Crippen molar-refractivity contribution in [1.82, 2.24) is 4.90 Å². The molecule has 2 aromatic rings. The molecule has 6 nitrogen and oxygen atoms in total. The second-order valence-corrected chi connectivity index (χ2v) is 5.06. The van der Waals surface area contributed by atoms with E-state index < -0.39 is 0 Å². The van der Waals surface area contributed by atoms with Crippen LogP contribution in [0.4, 0.5) is 11.4 Å². The van der Waals surface area contributed by atoms with Gasteiger partial charge in [0.25, 0.3) is 0 Å². The van der Waals surface area contributed by atoms with Gasteiger partial charge in [-0.15, -0.1) is 0 Å². The van der Waals surface area contributed by atoms with Crippen LogP contribution in [-0.2, 0) is 16.1 Å². The fourth-order valence-corrected chi connectivity index (χ4v) is 2.01. The Kier molecular flexibility index (Phi) is 5.32. The standard InChI is InChI=1S/C16H19N3O3/c1-12(20)17-13-5-7-14(8-6-13)18-16(21)11-19(2)10-15-4-3-9-22-15/h3-9H,10-11H2,1-2H3,(H,17,20)(H,18,21). The van der Waals surface area contributed by atoms with Gasteiger partial charge in [0.15, 0.2) is 0 Å². The largest absolute Gasteiger partial charge is 0.468 e. The normalized spacial score (nSPS) is 10.5. The van der Waals surface area contributed by atoms with Gasteiger partial charge < -0.3 is 15.1 Å². The van der Waals surface area contributed by atoms with Crippen LogP contribution in [0.25, 0.3) is 0 Å². The molecule has 0 unspecified atom stereocenters. The second-order valence-electron chi connectivity index (χ2n) is 5.06. The van der Waals surface area contributed by atoms with Gasteiger partial charge in [0, 0.05) is 18.3 Å². The first-order chi connectivity index (χ1) is 10.5. The highest BCUT2D eigenvalue weighted by molar-refractivity contribution is 5.93. The van der Waals surface area contributed by atoms with Crippen LogP contribution in [0.2, 0.25) is 0 Å². The van der Waals surface area contributed by atoms with Crippen LogP contribution in [0.5, 0.6) is 0 Å². The molecule has 22 heavy (non-hydrogen) atoms. The first-order valence-electron chi connectivity index (χ1n) is 6.91. The van der Waals surface area contributed by atoms with Crippen molar-refractivity contribution in [2.45, 2.75) is 13.5 Å². The molecular weight excluding hydrogens is 282 g/mol. The zero-order valence-electron chi connectivity index (χ0n) is 12.6. The van der Waals surface area contributed by atoms with Gasteiger partial charge >= 0.3 is 0 Å². The summed E-state index contributed by atoms with van der Waals surface area (Å²) in [6.45, 7) is 2.28. The summed E-state index contributed by atoms with van der Waals surface area (Å²) in [7, 11) is 1.85. The Morgan fingerprint density at radius 2 is 1.73 bits per heavy atom. The van der Waals surface area contributed by atoms with Crippen molar-refractivity contribution in [1.29, 1.82) is 0 Å². The Hall–Kier alpha value is -2.60. The Labute approximate surface area is 129 Å². The molecule has 2 rings (SSSR count). The van der Waals surface area contributed by atoms with Gasteiger partial charge in [-0.2, -0.15) is 0 Å². The molecule has 0 aliphatic rings. The molecular formula is C16H19N3O3. The molecule has 0 fully saturated rings. The van der Waals surface area contributed by atoms with Crippen molar-refractivity contribution >= 4 is 23.2 Å². The lowest BCUT2D eigenvalue weighted by atomic mass is 10.2. The van der Waals surface area contributed by atoms with Gasteiger partial charge in [-0.25, -0.2) is 0 Å². The number of nitrogens with one attached hydrogen (secondary N) is 2. The van der Waals surface area contributed by atoms with Crippen LogP contribution in [0, 0.1) is 0 Å². The third kappa shape index (κ3) is 5.06. The van der Waals surface area contributed by atoms with Crippen LogP contribution in [0.3, 0.4) is 0 Å². The van der Waals surface area contributed by atoms with Crippen molar-refractivity contribution in [3.63, 3.8) is 0 Å². The molecule has 116 valence electrons. The molecule has 0 aliphatic carbocycles. The van der Waals surface area contributed by atoms with Crippen LogP contribution in [0.1, 0.15) is 12.7 Å². The van der Waals surface area contributed by atoms with E-state index >= 15 is 0 Å². The number of rotatable bonds is 6. The van der Waals surface area contributed by atoms with Gasteiger partial charge in [-0.1, -0.05) is 0 Å². The second kappa shape index (κ2) is 7.42. The van der Waals surface area contributed by atoms with E-state index in [-0.39, 0.29) is 18.4 Å². The summed E-state index contributed by atoms with van der Waals surface area (Å²) in [5.74, 6) is 0.577. The Morgan fingerprint density at radius 3 is 2.27 bits per heavy atom. The Bertz CT molecular complexity index is 621. The maximum absolute atomic E-state index is 12.0. The van der Waals surface area contributed by atoms with Crippen LogP contribution >= 0.6 is 0 Å². The minimum atomic E-state index is -0.128. The topological polar surface area (TPSA) is 74.6 Å². The summed E-state index contributed by atoms with van der Waals surface area (Å²) in [5.41, 5.74) is 1.38. The summed E-state index contributed by atoms with van der Waals surface area (Å²) < 4.78 is 5.24. The van der Waals surface area contributed by atoms with E-state index in [0.29, 0.717) is 17.9 Å². The van der Waals surface area contributed by atoms with E-state index in [9.17, 15) is 9.59 Å². The predicted octanol–water partition coefficient (Wildman–Crippen LogP) is 2.31. The van der Waals surface area contributed by atoms with Crippen LogP contribution in [-0.4, -0.2) is 30.3 Å². The maximum Gasteiger partial charge on any atom is 0.238 e. The van der Waals surface area contributed by atoms with Crippen molar-refractivity contribution in [2.24, 2.45) is 0 Å². The molecule has 0 saturated carbocycles. The summed E-state index contributed by atoms with van der Waals surface area (Å²) in [6, 6.07) is 10.7. The molecule has 0 radical (unpaired) electrons. The smallest absolute Gasteiger partial charge is 0.238 e. The third-order valence-corrected chi connectivity index (χ3v) is 2.91. The number of benzene rings is 1. The van der Waals surface area contributed by atoms with E-state index in [1.54, 1.807) is 30.5 Å². The molecule has 2 amide bonds. The number of anilines is 2. The quantitative estimate of drug-likeness (QED) is 0.858. The minimum absolute atomic E-state index is 0.110. The molecule has 1 heterocycles. The molecule has 0 saturated heterocycles. The highest BCUT2D eigenvalue weighted by atomic mass is 16.3. The van der Waals surface area contributed by atoms with E-state index in [1.807, 2.05) is 24.1 Å². The molecule has 1 aromatic heterocycles. The highest BCUT2D eigenvalue weighted by Crippen LogP contribution is 2.13. The Balaban J connectivity index is 1.82. The number of amides is 2. The average Bonchev–Trinajstić information content (AvgIpc) is 2.93. The zero-order valence-corrected chi connectivity index (χ0v) is 12.6. The number of carbonyl (C=O) groups is 2. The predicted molar refractivity (Wildman–Crippen MR) is 84.4 cm³/mol. The first-order valence-corrected chi connectivity index (χ1v) is 6.91. The SMILES string of the molecule is CC(=O)Nc1ccc(NC(=O)CN(C)Cc2ccco2)cc1. The number of hydrogen-bond donors (Lipinski definition) is 2. The summed E-state index contributed by atoms with van der Waals surface area (Å²) in [6.07, 6.45) is 1.61. The first kappa shape index (κ1) is 15.8. The molecule has 0 spiro atoms. The number of likely N-dealkylation sites (N-methyl/N-ethyl adjacent to an activating group) is 1. The number of carbonyl (C=O) groups excluding carboxylic acids is 2. The van der Waals surface area contributed by atoms with Gasteiger partial charge in [0.05, 0.1) is 19.4 Å². The molecule has 0 bridgehead atoms. The van der Waals surface area contributed by atoms with E-state index in [4.69, 9.17) is 4.42 Å². The fraction of sp³-hybridized carbons (Fsp3) is 0.250. The van der Waals surface area contributed by atoms with Crippen molar-refractivity contribution in [3.8, 4) is 0 Å². The number of furan rings is 1. The lowest BCUT2D eigenvalue weighted by molar-refractivity contribution is -0.117. The molecule has 1 aromatic carbocycles. The number of nitrogens with zero attached hydrogens (tertiary/aromatic N) is 1. The molecule has 0 aliphatic heterocycles. The van der Waals surface area contributed by atoms with E-state index in [2.05, 4.69) is 10.6 Å². The van der Waals surface area contributed by atoms with Gasteiger partial charge in [-0.05, 0) is 43.4 Å². The third-order valence-electron chi connectivity index (χ3n) is 2.91. The van der Waals surface area contributed by atoms with Crippen molar-refractivity contribution < 1.29 is 14.0 Å². The average molecular weight is 301 g/mol. The van der Waals surface area contributed by atoms with Gasteiger partial charge in [0.1, 0.15) is 5.76 Å². The number of hydrogen-bond acceptors (Lipinski definition) is 4. The van der Waals surface area contributed by atoms with Crippen molar-refractivity contribution in [3.05, 3.63) is 48.4 Å². The molecule has 2 N–H and O–H groups in total. The van der Waals surface area contributed by atoms with Crippen molar-refractivity contribution in [2.75, 3.05) is 24.2 Å². The minimum Gasteiger partial charge on any atom is -0.468 e. The van der Waals surface area contributed by atoms with Gasteiger partial charge in [0.2, 0.25) is 11.8 Å².